The van der Waals surface area contributed by atoms with Crippen LogP contribution in [0.2, 0.25) is 0 Å². The van der Waals surface area contributed by atoms with Crippen LogP contribution in [-0.4, -0.2) is 35.4 Å². The fourth-order valence-corrected chi connectivity index (χ4v) is 6.45. The minimum absolute atomic E-state index is 0.478. The maximum atomic E-state index is 12.7. The summed E-state index contributed by atoms with van der Waals surface area (Å²) in [5, 5.41) is 5.02. The van der Waals surface area contributed by atoms with Crippen molar-refractivity contribution in [1.82, 2.24) is 4.90 Å². The first-order valence-electron chi connectivity index (χ1n) is 6.76. The molecule has 0 fully saturated rings. The van der Waals surface area contributed by atoms with Gasteiger partial charge in [-0.25, -0.2) is 13.4 Å². The normalized spacial score (nSPS) is 25.7. The molecular weight excluding hydrogens is 388 g/mol. The Morgan fingerprint density at radius 2 is 2.32 bits per heavy atom. The number of hydrogen-bond donors (Lipinski definition) is 2. The predicted octanol–water partition coefficient (Wildman–Crippen LogP) is 2.33. The number of hydrogen-bond acceptors (Lipinski definition) is 6. The topological polar surface area (TPSA) is 73.8 Å². The fraction of sp³-hybridized carbons (Fsp3) is 0.308. The highest BCUT2D eigenvalue weighted by Crippen LogP contribution is 2.36. The van der Waals surface area contributed by atoms with Gasteiger partial charge < -0.3 is 10.2 Å². The van der Waals surface area contributed by atoms with E-state index in [9.17, 15) is 8.42 Å². The second kappa shape index (κ2) is 5.17. The molecular formula is C13H13BrN4O2S2. The number of rotatable bonds is 3. The lowest BCUT2D eigenvalue weighted by Gasteiger charge is -2.23. The van der Waals surface area contributed by atoms with Crippen molar-refractivity contribution in [3.8, 4) is 0 Å². The van der Waals surface area contributed by atoms with E-state index >= 15 is 0 Å². The minimum Gasteiger partial charge on any atom is -0.384 e. The van der Waals surface area contributed by atoms with Gasteiger partial charge in [-0.2, -0.15) is 0 Å². The number of nitrogens with zero attached hydrogens (tertiary/aromatic N) is 2. The van der Waals surface area contributed by atoms with Crippen molar-refractivity contribution in [2.24, 2.45) is 4.99 Å². The predicted molar refractivity (Wildman–Crippen MR) is 93.7 cm³/mol. The maximum Gasteiger partial charge on any atom is 0.257 e. The Kier molecular flexibility index (Phi) is 3.39. The van der Waals surface area contributed by atoms with Gasteiger partial charge in [-0.05, 0) is 35.6 Å². The molecule has 116 valence electrons. The van der Waals surface area contributed by atoms with E-state index in [1.165, 1.54) is 11.8 Å². The van der Waals surface area contributed by atoms with Crippen LogP contribution in [0.4, 0.5) is 11.4 Å². The number of alkyl halides is 1. The summed E-state index contributed by atoms with van der Waals surface area (Å²) in [5.41, 5.74) is 2.80. The highest BCUT2D eigenvalue weighted by Gasteiger charge is 2.44. The number of amidine groups is 1. The van der Waals surface area contributed by atoms with Crippen molar-refractivity contribution in [2.45, 2.75) is 16.7 Å². The third-order valence-electron chi connectivity index (χ3n) is 3.75. The van der Waals surface area contributed by atoms with Crippen LogP contribution >= 0.6 is 27.7 Å². The summed E-state index contributed by atoms with van der Waals surface area (Å²) in [7, 11) is -3.60. The van der Waals surface area contributed by atoms with E-state index in [1.54, 1.807) is 17.2 Å². The zero-order valence-corrected chi connectivity index (χ0v) is 14.6. The smallest absolute Gasteiger partial charge is 0.257 e. The summed E-state index contributed by atoms with van der Waals surface area (Å²) >= 11 is 4.78. The molecule has 1 aromatic carbocycles. The molecule has 0 aromatic heterocycles. The van der Waals surface area contributed by atoms with E-state index in [0.717, 1.165) is 24.2 Å². The number of sulfonamides is 1. The first kappa shape index (κ1) is 14.4. The summed E-state index contributed by atoms with van der Waals surface area (Å²) in [5.74, 6) is 0. The molecule has 0 bridgehead atoms. The van der Waals surface area contributed by atoms with Gasteiger partial charge in [0.25, 0.3) is 10.0 Å². The summed E-state index contributed by atoms with van der Waals surface area (Å²) in [4.78, 5) is 5.53. The highest BCUT2D eigenvalue weighted by molar-refractivity contribution is 9.09. The molecule has 0 saturated carbocycles. The van der Waals surface area contributed by atoms with Crippen LogP contribution in [0.25, 0.3) is 0 Å². The monoisotopic (exact) mass is 400 g/mol. The molecule has 0 saturated heterocycles. The van der Waals surface area contributed by atoms with Crippen LogP contribution in [0.5, 0.6) is 0 Å². The maximum absolute atomic E-state index is 12.7. The zero-order valence-electron chi connectivity index (χ0n) is 11.4. The molecule has 4 rings (SSSR count). The van der Waals surface area contributed by atoms with Crippen LogP contribution in [-0.2, 0) is 16.4 Å². The summed E-state index contributed by atoms with van der Waals surface area (Å²) in [6.07, 6.45) is 2.66. The number of anilines is 2. The van der Waals surface area contributed by atoms with Gasteiger partial charge in [0, 0.05) is 24.1 Å². The largest absolute Gasteiger partial charge is 0.384 e. The van der Waals surface area contributed by atoms with Crippen molar-refractivity contribution in [3.05, 3.63) is 35.4 Å². The third kappa shape index (κ3) is 2.31. The molecule has 2 atom stereocenters. The van der Waals surface area contributed by atoms with E-state index in [1.807, 2.05) is 17.5 Å². The van der Waals surface area contributed by atoms with Crippen molar-refractivity contribution in [2.75, 3.05) is 16.6 Å². The van der Waals surface area contributed by atoms with E-state index in [2.05, 4.69) is 31.0 Å². The van der Waals surface area contributed by atoms with E-state index in [0.29, 0.717) is 10.9 Å². The lowest BCUT2D eigenvalue weighted by atomic mass is 10.1. The molecule has 3 aliphatic heterocycles. The van der Waals surface area contributed by atoms with Gasteiger partial charge in [-0.15, -0.1) is 0 Å². The first-order chi connectivity index (χ1) is 10.5. The summed E-state index contributed by atoms with van der Waals surface area (Å²) < 4.78 is 28.2. The number of nitrogens with one attached hydrogen (secondary N) is 2. The first-order valence-corrected chi connectivity index (χ1v) is 10.1. The quantitative estimate of drug-likeness (QED) is 0.601. The molecule has 0 radical (unpaired) electrons. The lowest BCUT2D eigenvalue weighted by molar-refractivity contribution is 0.508. The zero-order chi connectivity index (χ0) is 15.3. The van der Waals surface area contributed by atoms with Crippen LogP contribution in [0.3, 0.4) is 0 Å². The Labute approximate surface area is 141 Å². The Morgan fingerprint density at radius 1 is 1.45 bits per heavy atom. The molecule has 0 spiro atoms. The Bertz CT molecular complexity index is 793. The SMILES string of the molecule is O=S(=O)(Nc1ccc2c(c1)CCN2)C1C(Br)N=C2SC=CN21. The molecule has 9 heteroatoms. The molecule has 0 amide bonds. The number of fused-ring (bicyclic) bond motifs is 2. The molecule has 2 unspecified atom stereocenters. The van der Waals surface area contributed by atoms with Gasteiger partial charge in [0.2, 0.25) is 0 Å². The van der Waals surface area contributed by atoms with E-state index in [4.69, 9.17) is 0 Å². The Balaban J connectivity index is 1.60. The second-order valence-corrected chi connectivity index (χ2v) is 8.77. The van der Waals surface area contributed by atoms with Gasteiger partial charge in [0.1, 0.15) is 4.95 Å². The molecule has 3 heterocycles. The van der Waals surface area contributed by atoms with Gasteiger partial charge in [0.05, 0.1) is 0 Å². The number of benzene rings is 1. The minimum atomic E-state index is -3.60. The second-order valence-electron chi connectivity index (χ2n) is 5.18. The summed E-state index contributed by atoms with van der Waals surface area (Å²) in [6.45, 7) is 0.893. The van der Waals surface area contributed by atoms with Gasteiger partial charge in [0.15, 0.2) is 10.5 Å². The number of thioether (sulfide) groups is 1. The summed E-state index contributed by atoms with van der Waals surface area (Å²) in [6, 6.07) is 5.58. The van der Waals surface area contributed by atoms with E-state index in [-0.39, 0.29) is 0 Å². The van der Waals surface area contributed by atoms with Crippen molar-refractivity contribution in [1.29, 1.82) is 0 Å². The molecule has 1 aromatic rings. The fourth-order valence-electron chi connectivity index (χ4n) is 2.76. The van der Waals surface area contributed by atoms with Crippen LogP contribution in [0.1, 0.15) is 5.56 Å². The molecule has 22 heavy (non-hydrogen) atoms. The van der Waals surface area contributed by atoms with Crippen LogP contribution in [0.15, 0.2) is 34.8 Å². The van der Waals surface area contributed by atoms with Crippen molar-refractivity contribution >= 4 is 54.3 Å². The molecule has 2 N–H and O–H groups in total. The van der Waals surface area contributed by atoms with E-state index < -0.39 is 20.3 Å². The lowest BCUT2D eigenvalue weighted by Crippen LogP contribution is -2.42. The average Bonchev–Trinajstić information content (AvgIpc) is 3.11. The highest BCUT2D eigenvalue weighted by atomic mass is 79.9. The van der Waals surface area contributed by atoms with Crippen molar-refractivity contribution in [3.63, 3.8) is 0 Å². The third-order valence-corrected chi connectivity index (χ3v) is 7.23. The van der Waals surface area contributed by atoms with Crippen molar-refractivity contribution < 1.29 is 8.42 Å². The van der Waals surface area contributed by atoms with Gasteiger partial charge in [-0.3, -0.25) is 4.72 Å². The Morgan fingerprint density at radius 3 is 3.18 bits per heavy atom. The van der Waals surface area contributed by atoms with Crippen LogP contribution in [0, 0.1) is 0 Å². The molecule has 0 aliphatic carbocycles. The van der Waals surface area contributed by atoms with Gasteiger partial charge >= 0.3 is 0 Å². The van der Waals surface area contributed by atoms with Crippen LogP contribution < -0.4 is 10.0 Å². The molecule has 6 nitrogen and oxygen atoms in total. The standard InChI is InChI=1S/C13H13BrN4O2S2/c14-11-12(18-5-6-21-13(18)16-11)22(19,20)17-9-1-2-10-8(7-9)3-4-15-10/h1-2,5-7,11-12,15,17H,3-4H2. The molecule has 3 aliphatic rings. The average molecular weight is 401 g/mol. The number of aliphatic imine (C=N–C) groups is 1. The van der Waals surface area contributed by atoms with Gasteiger partial charge in [-0.1, -0.05) is 27.7 Å². The Hall–Kier alpha value is -1.19. The number of halogens is 1.